The van der Waals surface area contributed by atoms with Crippen molar-refractivity contribution in [2.24, 2.45) is 0 Å². The van der Waals surface area contributed by atoms with E-state index in [1.807, 2.05) is 0 Å². The molecular formula is Ag4Cu4Pd4. The molecule has 12 heteroatoms. The Bertz CT molecular complexity index is 19.0. The van der Waals surface area contributed by atoms with Crippen LogP contribution in [0, 0.1) is 0 Å². The Hall–Kier alpha value is 7.69. The molecule has 8 radical (unpaired) electrons. The minimum absolute atomic E-state index is 0. The van der Waals surface area contributed by atoms with Crippen molar-refractivity contribution in [3.8, 4) is 0 Å². The molecule has 0 amide bonds. The maximum Gasteiger partial charge on any atom is 0 e. The van der Waals surface area contributed by atoms with Gasteiger partial charge in [-0.25, -0.2) is 0 Å². The van der Waals surface area contributed by atoms with Crippen molar-refractivity contribution < 1.29 is 239 Å². The summed E-state index contributed by atoms with van der Waals surface area (Å²) in [6.07, 6.45) is 0. The number of rotatable bonds is 0. The first-order chi connectivity index (χ1) is 0. The molecule has 0 saturated heterocycles. The number of hydrogen-bond acceptors (Lipinski definition) is 0. The van der Waals surface area contributed by atoms with E-state index >= 15 is 0 Å². The van der Waals surface area contributed by atoms with Gasteiger partial charge in [0, 0.05) is 239 Å². The van der Waals surface area contributed by atoms with E-state index in [2.05, 4.69) is 0 Å². The van der Waals surface area contributed by atoms with Crippen LogP contribution in [0.2, 0.25) is 0 Å². The van der Waals surface area contributed by atoms with Crippen LogP contribution in [0.4, 0.5) is 0 Å². The second kappa shape index (κ2) is 98.9. The van der Waals surface area contributed by atoms with Gasteiger partial charge in [-0.1, -0.05) is 0 Å². The molecule has 128 valence electrons. The summed E-state index contributed by atoms with van der Waals surface area (Å²) in [5.41, 5.74) is 0. The predicted octanol–water partition coefficient (Wildman–Crippen LogP) is -0.0300. The largest absolute Gasteiger partial charge is 0 e. The van der Waals surface area contributed by atoms with Crippen LogP contribution < -0.4 is 0 Å². The Morgan fingerprint density at radius 1 is 0.250 bits per heavy atom. The van der Waals surface area contributed by atoms with Crippen molar-refractivity contribution in [3.63, 3.8) is 0 Å². The molecule has 0 fully saturated rings. The summed E-state index contributed by atoms with van der Waals surface area (Å²) in [4.78, 5) is 0. The van der Waals surface area contributed by atoms with E-state index in [9.17, 15) is 0 Å². The summed E-state index contributed by atoms with van der Waals surface area (Å²) < 4.78 is 0. The second-order valence-corrected chi connectivity index (χ2v) is 0. The van der Waals surface area contributed by atoms with Crippen LogP contribution in [-0.4, -0.2) is 0 Å². The van der Waals surface area contributed by atoms with Crippen molar-refractivity contribution >= 4 is 0 Å². The Morgan fingerprint density at radius 2 is 0.250 bits per heavy atom. The zero-order chi connectivity index (χ0) is 0. The first-order valence-corrected chi connectivity index (χ1v) is 0. The van der Waals surface area contributed by atoms with Crippen molar-refractivity contribution in [2.45, 2.75) is 0 Å². The van der Waals surface area contributed by atoms with Crippen LogP contribution in [0.5, 0.6) is 0 Å². The maximum atomic E-state index is 0. The van der Waals surface area contributed by atoms with Crippen LogP contribution >= 0.6 is 0 Å². The summed E-state index contributed by atoms with van der Waals surface area (Å²) in [6, 6.07) is 0. The smallest absolute Gasteiger partial charge is 0 e. The Morgan fingerprint density at radius 3 is 0.250 bits per heavy atom. The molecule has 0 nitrogen and oxygen atoms in total. The molecule has 0 aliphatic carbocycles. The fourth-order valence-electron chi connectivity index (χ4n) is 0. The standard InChI is InChI=1S/4Ag.4Cu.4Pd. The van der Waals surface area contributed by atoms with Gasteiger partial charge in [0.05, 0.1) is 0 Å². The van der Waals surface area contributed by atoms with Crippen LogP contribution in [0.15, 0.2) is 0 Å². The van der Waals surface area contributed by atoms with Gasteiger partial charge in [0.25, 0.3) is 0 Å². The SMILES string of the molecule is [Ag].[Ag].[Ag].[Ag].[Cu].[Cu].[Cu].[Cu].[Pd].[Pd].[Pd].[Pd]. The van der Waals surface area contributed by atoms with Gasteiger partial charge in [-0.2, -0.15) is 0 Å². The molecule has 0 aliphatic heterocycles. The third-order valence-corrected chi connectivity index (χ3v) is 0. The Balaban J connectivity index is 0. The quantitative estimate of drug-likeness (QED) is 0.300. The molecule has 0 aromatic carbocycles. The van der Waals surface area contributed by atoms with Crippen molar-refractivity contribution in [3.05, 3.63) is 0 Å². The van der Waals surface area contributed by atoms with Gasteiger partial charge < -0.3 is 0 Å². The summed E-state index contributed by atoms with van der Waals surface area (Å²) >= 11 is 0. The normalized spacial score (nSPS) is 0. The average molecular weight is 1110 g/mol. The summed E-state index contributed by atoms with van der Waals surface area (Å²) in [5, 5.41) is 0. The van der Waals surface area contributed by atoms with Gasteiger partial charge >= 0.3 is 0 Å². The topological polar surface area (TPSA) is 0 Å². The zero-order valence-corrected chi connectivity index (χ0v) is 19.6. The minimum atomic E-state index is 0. The van der Waals surface area contributed by atoms with Gasteiger partial charge in [-0.15, -0.1) is 0 Å². The van der Waals surface area contributed by atoms with Gasteiger partial charge in [0.2, 0.25) is 0 Å². The molecule has 0 rings (SSSR count). The molecular weight excluding hydrogens is 1110 g/mol. The van der Waals surface area contributed by atoms with E-state index < -0.39 is 0 Å². The third-order valence-electron chi connectivity index (χ3n) is 0. The van der Waals surface area contributed by atoms with Crippen molar-refractivity contribution in [2.75, 3.05) is 0 Å². The van der Waals surface area contributed by atoms with E-state index in [1.165, 1.54) is 0 Å². The molecule has 0 aromatic heterocycles. The molecule has 0 aromatic rings. The van der Waals surface area contributed by atoms with Gasteiger partial charge in [0.1, 0.15) is 0 Å². The molecule has 12 heavy (non-hydrogen) atoms. The van der Waals surface area contributed by atoms with E-state index in [0.717, 1.165) is 0 Å². The monoisotopic (exact) mass is 1100 g/mol. The second-order valence-electron chi connectivity index (χ2n) is 0. The fourth-order valence-corrected chi connectivity index (χ4v) is 0. The van der Waals surface area contributed by atoms with E-state index in [4.69, 9.17) is 0 Å². The third kappa shape index (κ3) is 83.3. The molecule has 0 atom stereocenters. The first kappa shape index (κ1) is 116. The number of hydrogen-bond donors (Lipinski definition) is 0. The Kier molecular flexibility index (Phi) is 959. The molecule has 0 spiro atoms. The van der Waals surface area contributed by atoms with Gasteiger partial charge in [-0.05, 0) is 0 Å². The molecule has 0 N–H and O–H groups in total. The van der Waals surface area contributed by atoms with Crippen LogP contribution in [-0.2, 0) is 239 Å². The van der Waals surface area contributed by atoms with Gasteiger partial charge in [0.15, 0.2) is 0 Å². The summed E-state index contributed by atoms with van der Waals surface area (Å²) in [7, 11) is 0. The summed E-state index contributed by atoms with van der Waals surface area (Å²) in [5.74, 6) is 0. The van der Waals surface area contributed by atoms with Crippen LogP contribution in [0.25, 0.3) is 0 Å². The summed E-state index contributed by atoms with van der Waals surface area (Å²) in [6.45, 7) is 0. The van der Waals surface area contributed by atoms with Gasteiger partial charge in [-0.3, -0.25) is 0 Å². The van der Waals surface area contributed by atoms with Crippen molar-refractivity contribution in [1.82, 2.24) is 0 Å². The fraction of sp³-hybridized carbons (Fsp3) is 0. The minimum Gasteiger partial charge on any atom is 0 e. The first-order valence-electron chi connectivity index (χ1n) is 0. The van der Waals surface area contributed by atoms with E-state index in [-0.39, 0.29) is 239 Å². The van der Waals surface area contributed by atoms with Crippen molar-refractivity contribution in [1.29, 1.82) is 0 Å². The average Bonchev–Trinajstić information content (AvgIpc) is 0. The molecule has 0 unspecified atom stereocenters. The Labute approximate surface area is 233 Å². The van der Waals surface area contributed by atoms with E-state index in [1.54, 1.807) is 0 Å². The maximum absolute atomic E-state index is 0. The van der Waals surface area contributed by atoms with Crippen LogP contribution in [0.3, 0.4) is 0 Å². The molecule has 0 heterocycles. The molecule has 0 bridgehead atoms. The molecule has 0 aliphatic rings. The van der Waals surface area contributed by atoms with E-state index in [0.29, 0.717) is 0 Å². The predicted molar refractivity (Wildman–Crippen MR) is 0 cm³/mol. The van der Waals surface area contributed by atoms with Crippen LogP contribution in [0.1, 0.15) is 0 Å². The molecule has 0 saturated carbocycles. The zero-order valence-electron chi connectivity index (χ0n) is 3.68.